The summed E-state index contributed by atoms with van der Waals surface area (Å²) in [6, 6.07) is 18.0. The SMILES string of the molecule is CC/C(=N\Nc1nnc2c(n1)[nH]c1ccccc12)c1ccccc1. The minimum atomic E-state index is 0.371. The van der Waals surface area contributed by atoms with Gasteiger partial charge in [-0.25, -0.2) is 5.43 Å². The highest BCUT2D eigenvalue weighted by Gasteiger charge is 2.08. The molecule has 0 saturated carbocycles. The van der Waals surface area contributed by atoms with Crippen molar-refractivity contribution in [2.24, 2.45) is 5.10 Å². The maximum Gasteiger partial charge on any atom is 0.265 e. The van der Waals surface area contributed by atoms with E-state index >= 15 is 0 Å². The van der Waals surface area contributed by atoms with Crippen molar-refractivity contribution < 1.29 is 0 Å². The predicted molar refractivity (Wildman–Crippen MR) is 96.1 cm³/mol. The van der Waals surface area contributed by atoms with Gasteiger partial charge in [0.05, 0.1) is 5.71 Å². The van der Waals surface area contributed by atoms with E-state index in [0.29, 0.717) is 11.6 Å². The van der Waals surface area contributed by atoms with Crippen LogP contribution < -0.4 is 5.43 Å². The third kappa shape index (κ3) is 2.58. The molecule has 2 N–H and O–H groups in total. The Bertz CT molecular complexity index is 1020. The summed E-state index contributed by atoms with van der Waals surface area (Å²) < 4.78 is 0. The van der Waals surface area contributed by atoms with E-state index < -0.39 is 0 Å². The first-order chi connectivity index (χ1) is 11.8. The summed E-state index contributed by atoms with van der Waals surface area (Å²) in [7, 11) is 0. The van der Waals surface area contributed by atoms with Gasteiger partial charge in [0, 0.05) is 10.9 Å². The van der Waals surface area contributed by atoms with Crippen LogP contribution in [0.1, 0.15) is 18.9 Å². The van der Waals surface area contributed by atoms with Crippen LogP contribution in [0, 0.1) is 0 Å². The van der Waals surface area contributed by atoms with Crippen molar-refractivity contribution in [1.29, 1.82) is 0 Å². The van der Waals surface area contributed by atoms with Crippen LogP contribution in [0.15, 0.2) is 59.7 Å². The zero-order chi connectivity index (χ0) is 16.4. The molecular weight excluding hydrogens is 300 g/mol. The number of hydrogen-bond acceptors (Lipinski definition) is 5. The fourth-order valence-corrected chi connectivity index (χ4v) is 2.66. The lowest BCUT2D eigenvalue weighted by Gasteiger charge is -2.04. The molecule has 6 nitrogen and oxygen atoms in total. The number of benzene rings is 2. The monoisotopic (exact) mass is 316 g/mol. The number of aromatic amines is 1. The van der Waals surface area contributed by atoms with Crippen molar-refractivity contribution in [2.75, 3.05) is 5.43 Å². The summed E-state index contributed by atoms with van der Waals surface area (Å²) in [5, 5.41) is 13.8. The molecule has 4 rings (SSSR count). The summed E-state index contributed by atoms with van der Waals surface area (Å²) >= 11 is 0. The molecule has 0 amide bonds. The standard InChI is InChI=1S/C18H16N6/c1-2-14(12-8-4-3-5-9-12)21-23-18-20-17-16(22-24-18)13-10-6-7-11-15(13)19-17/h3-11H,2H2,1H3,(H2,19,20,23,24)/b21-14+. The van der Waals surface area contributed by atoms with Crippen molar-refractivity contribution in [1.82, 2.24) is 20.2 Å². The van der Waals surface area contributed by atoms with Crippen LogP contribution in [0.3, 0.4) is 0 Å². The largest absolute Gasteiger partial charge is 0.338 e. The van der Waals surface area contributed by atoms with Gasteiger partial charge < -0.3 is 4.98 Å². The predicted octanol–water partition coefficient (Wildman–Crippen LogP) is 3.73. The highest BCUT2D eigenvalue weighted by Crippen LogP contribution is 2.21. The lowest BCUT2D eigenvalue weighted by Crippen LogP contribution is -2.05. The molecule has 24 heavy (non-hydrogen) atoms. The van der Waals surface area contributed by atoms with E-state index in [1.54, 1.807) is 0 Å². The molecule has 118 valence electrons. The smallest absolute Gasteiger partial charge is 0.265 e. The molecule has 0 saturated heterocycles. The topological polar surface area (TPSA) is 78.8 Å². The molecule has 0 radical (unpaired) electrons. The van der Waals surface area contributed by atoms with Crippen molar-refractivity contribution in [3.63, 3.8) is 0 Å². The van der Waals surface area contributed by atoms with Crippen LogP contribution in [-0.2, 0) is 0 Å². The van der Waals surface area contributed by atoms with E-state index in [-0.39, 0.29) is 0 Å². The van der Waals surface area contributed by atoms with Crippen LogP contribution >= 0.6 is 0 Å². The molecule has 6 heteroatoms. The Balaban J connectivity index is 1.67. The number of rotatable bonds is 4. The van der Waals surface area contributed by atoms with Crippen LogP contribution in [0.5, 0.6) is 0 Å². The first kappa shape index (κ1) is 14.3. The Hall–Kier alpha value is -3.28. The van der Waals surface area contributed by atoms with Gasteiger partial charge in [0.2, 0.25) is 0 Å². The minimum absolute atomic E-state index is 0.371. The van der Waals surface area contributed by atoms with Gasteiger partial charge in [-0.15, -0.1) is 10.2 Å². The maximum atomic E-state index is 4.47. The van der Waals surface area contributed by atoms with Gasteiger partial charge in [0.25, 0.3) is 5.95 Å². The van der Waals surface area contributed by atoms with Crippen molar-refractivity contribution in [3.8, 4) is 0 Å². The lowest BCUT2D eigenvalue weighted by atomic mass is 10.1. The van der Waals surface area contributed by atoms with E-state index in [9.17, 15) is 0 Å². The van der Waals surface area contributed by atoms with E-state index in [1.807, 2.05) is 54.6 Å². The zero-order valence-electron chi connectivity index (χ0n) is 13.2. The van der Waals surface area contributed by atoms with Gasteiger partial charge in [-0.05, 0) is 18.1 Å². The first-order valence-corrected chi connectivity index (χ1v) is 7.84. The summed E-state index contributed by atoms with van der Waals surface area (Å²) in [6.45, 7) is 2.06. The Labute approximate surface area is 138 Å². The number of hydrazone groups is 1. The third-order valence-corrected chi connectivity index (χ3v) is 3.85. The van der Waals surface area contributed by atoms with Crippen molar-refractivity contribution in [3.05, 3.63) is 60.2 Å². The Morgan fingerprint density at radius 1 is 1.04 bits per heavy atom. The Morgan fingerprint density at radius 3 is 2.67 bits per heavy atom. The molecule has 0 aliphatic heterocycles. The average Bonchev–Trinajstić information content (AvgIpc) is 3.01. The first-order valence-electron chi connectivity index (χ1n) is 7.84. The second-order valence-electron chi connectivity index (χ2n) is 5.39. The number of aromatic nitrogens is 4. The molecule has 2 heterocycles. The summed E-state index contributed by atoms with van der Waals surface area (Å²) in [6.07, 6.45) is 0.805. The van der Waals surface area contributed by atoms with Gasteiger partial charge in [-0.2, -0.15) is 10.1 Å². The van der Waals surface area contributed by atoms with Gasteiger partial charge >= 0.3 is 0 Å². The van der Waals surface area contributed by atoms with Gasteiger partial charge in [0.1, 0.15) is 5.52 Å². The molecule has 0 bridgehead atoms. The molecule has 0 fully saturated rings. The van der Waals surface area contributed by atoms with Crippen LogP contribution in [-0.4, -0.2) is 25.9 Å². The quantitative estimate of drug-likeness (QED) is 0.444. The lowest BCUT2D eigenvalue weighted by molar-refractivity contribution is 1.00. The third-order valence-electron chi connectivity index (χ3n) is 3.85. The highest BCUT2D eigenvalue weighted by molar-refractivity contribution is 6.03. The fraction of sp³-hybridized carbons (Fsp3) is 0.111. The minimum Gasteiger partial charge on any atom is -0.338 e. The molecule has 0 unspecified atom stereocenters. The molecule has 0 aliphatic rings. The van der Waals surface area contributed by atoms with E-state index in [4.69, 9.17) is 0 Å². The van der Waals surface area contributed by atoms with Gasteiger partial charge in [-0.1, -0.05) is 55.5 Å². The average molecular weight is 316 g/mol. The second-order valence-corrected chi connectivity index (χ2v) is 5.39. The Kier molecular flexibility index (Phi) is 3.63. The van der Waals surface area contributed by atoms with Crippen molar-refractivity contribution in [2.45, 2.75) is 13.3 Å². The van der Waals surface area contributed by atoms with E-state index in [0.717, 1.165) is 34.1 Å². The molecule has 0 atom stereocenters. The molecule has 4 aromatic rings. The van der Waals surface area contributed by atoms with Crippen LogP contribution in [0.4, 0.5) is 5.95 Å². The molecule has 2 aromatic heterocycles. The fourth-order valence-electron chi connectivity index (χ4n) is 2.66. The number of fused-ring (bicyclic) bond motifs is 3. The van der Waals surface area contributed by atoms with Crippen molar-refractivity contribution >= 4 is 33.7 Å². The number of H-pyrrole nitrogens is 1. The summed E-state index contributed by atoms with van der Waals surface area (Å²) in [4.78, 5) is 7.71. The highest BCUT2D eigenvalue weighted by atomic mass is 15.4. The van der Waals surface area contributed by atoms with E-state index in [2.05, 4.69) is 37.6 Å². The molecule has 2 aromatic carbocycles. The number of anilines is 1. The van der Waals surface area contributed by atoms with Gasteiger partial charge in [0.15, 0.2) is 5.65 Å². The normalized spacial score (nSPS) is 12.0. The van der Waals surface area contributed by atoms with Gasteiger partial charge in [-0.3, -0.25) is 0 Å². The number of nitrogens with one attached hydrogen (secondary N) is 2. The molecular formula is C18H16N6. The zero-order valence-corrected chi connectivity index (χ0v) is 13.2. The Morgan fingerprint density at radius 2 is 1.83 bits per heavy atom. The summed E-state index contributed by atoms with van der Waals surface area (Å²) in [5.41, 5.74) is 7.38. The summed E-state index contributed by atoms with van der Waals surface area (Å²) in [5.74, 6) is 0.371. The number of nitrogens with zero attached hydrogens (tertiary/aromatic N) is 4. The number of para-hydroxylation sites is 1. The second kappa shape index (κ2) is 6.08. The van der Waals surface area contributed by atoms with Crippen LogP contribution in [0.2, 0.25) is 0 Å². The maximum absolute atomic E-state index is 4.47. The van der Waals surface area contributed by atoms with Crippen LogP contribution in [0.25, 0.3) is 22.1 Å². The number of hydrogen-bond donors (Lipinski definition) is 2. The molecule has 0 aliphatic carbocycles. The van der Waals surface area contributed by atoms with E-state index in [1.165, 1.54) is 0 Å². The molecule has 0 spiro atoms.